The van der Waals surface area contributed by atoms with Crippen molar-refractivity contribution in [1.29, 1.82) is 0 Å². The Labute approximate surface area is 189 Å². The second-order valence-corrected chi connectivity index (χ2v) is 8.12. The van der Waals surface area contributed by atoms with E-state index in [1.165, 1.54) is 0 Å². The number of ether oxygens (including phenoxy) is 1. The van der Waals surface area contributed by atoms with Gasteiger partial charge in [0.1, 0.15) is 24.2 Å². The average molecular weight is 450 g/mol. The number of halogens is 1. The van der Waals surface area contributed by atoms with Crippen LogP contribution in [0.2, 0.25) is 5.02 Å². The Balaban J connectivity index is 1.49. The molecular formula is C25H20ClNO5. The zero-order valence-corrected chi connectivity index (χ0v) is 18.0. The van der Waals surface area contributed by atoms with Crippen LogP contribution in [0.1, 0.15) is 40.2 Å². The van der Waals surface area contributed by atoms with Crippen LogP contribution < -0.4 is 9.62 Å². The zero-order valence-electron chi connectivity index (χ0n) is 17.2. The minimum atomic E-state index is -1.01. The molecule has 5 rings (SSSR count). The smallest absolute Gasteiger partial charge is 0.352 e. The minimum absolute atomic E-state index is 0.135. The monoisotopic (exact) mass is 449 g/mol. The third-order valence-electron chi connectivity index (χ3n) is 5.59. The summed E-state index contributed by atoms with van der Waals surface area (Å²) in [6.07, 6.45) is -0.135. The van der Waals surface area contributed by atoms with Crippen LogP contribution in [0.3, 0.4) is 0 Å². The molecule has 0 amide bonds. The molecule has 1 aliphatic heterocycles. The summed E-state index contributed by atoms with van der Waals surface area (Å²) < 4.78 is 7.84. The number of rotatable bonds is 6. The second-order valence-electron chi connectivity index (χ2n) is 7.71. The molecule has 1 atom stereocenters. The van der Waals surface area contributed by atoms with E-state index < -0.39 is 5.97 Å². The fraction of sp³-hybridized carbons (Fsp3) is 0.160. The predicted octanol–water partition coefficient (Wildman–Crippen LogP) is 6.01. The normalized spacial score (nSPS) is 13.6. The topological polar surface area (TPSA) is 69.9 Å². The van der Waals surface area contributed by atoms with Gasteiger partial charge < -0.3 is 19.3 Å². The summed E-state index contributed by atoms with van der Waals surface area (Å²) in [5.41, 5.74) is 3.69. The lowest BCUT2D eigenvalue weighted by Crippen LogP contribution is -2.10. The van der Waals surface area contributed by atoms with Crippen LogP contribution in [-0.2, 0) is 18.0 Å². The molecule has 7 heteroatoms. The maximum atomic E-state index is 12.0. The number of hydrogen-bond donors (Lipinski definition) is 1. The molecule has 1 aliphatic rings. The summed E-state index contributed by atoms with van der Waals surface area (Å²) in [6.45, 7) is 2.62. The van der Waals surface area contributed by atoms with Gasteiger partial charge in [0.05, 0.1) is 0 Å². The minimum Gasteiger partial charge on any atom is -0.486 e. The van der Waals surface area contributed by atoms with Crippen molar-refractivity contribution in [2.45, 2.75) is 26.2 Å². The summed E-state index contributed by atoms with van der Waals surface area (Å²) in [7, 11) is 0. The molecule has 32 heavy (non-hydrogen) atoms. The van der Waals surface area contributed by atoms with Gasteiger partial charge in [-0.3, -0.25) is 0 Å². The largest absolute Gasteiger partial charge is 0.486 e. The molecule has 0 aliphatic carbocycles. The van der Waals surface area contributed by atoms with E-state index in [4.69, 9.17) is 26.1 Å². The number of carboxylic acids is 1. The lowest BCUT2D eigenvalue weighted by molar-refractivity contribution is -0.194. The first-order chi connectivity index (χ1) is 15.5. The van der Waals surface area contributed by atoms with Gasteiger partial charge in [-0.15, -0.1) is 0 Å². The van der Waals surface area contributed by atoms with Crippen molar-refractivity contribution in [2.75, 3.05) is 0 Å². The summed E-state index contributed by atoms with van der Waals surface area (Å²) in [6, 6.07) is 20.8. The van der Waals surface area contributed by atoms with Crippen molar-refractivity contribution in [3.8, 4) is 11.5 Å². The maximum Gasteiger partial charge on any atom is 0.352 e. The van der Waals surface area contributed by atoms with Crippen LogP contribution in [0, 0.1) is 0 Å². The average Bonchev–Trinajstić information content (AvgIpc) is 3.38. The maximum absolute atomic E-state index is 12.0. The molecule has 0 unspecified atom stereocenters. The number of carbonyl (C=O) groups is 1. The van der Waals surface area contributed by atoms with Crippen LogP contribution in [0.4, 0.5) is 0 Å². The van der Waals surface area contributed by atoms with Gasteiger partial charge in [0.2, 0.25) is 0 Å². The molecule has 6 nitrogen and oxygen atoms in total. The van der Waals surface area contributed by atoms with Crippen LogP contribution in [0.5, 0.6) is 11.5 Å². The standard InChI is InChI=1S/C25H20ClNO5/c1-15(16-5-3-2-4-6-16)31-20-7-8-22-17(10-20)11-23(25(28)29)27(22)13-18-9-19-14-30-32-24(19)12-21(18)26/h2-12,15H,13-14H2,1H3,(H,28,29)/t15-/m0/s1. The Morgan fingerprint density at radius 3 is 2.75 bits per heavy atom. The number of carboxylic acid groups (broad SMARTS) is 1. The number of fused-ring (bicyclic) bond motifs is 2. The van der Waals surface area contributed by atoms with Gasteiger partial charge in [0.25, 0.3) is 0 Å². The van der Waals surface area contributed by atoms with Crippen molar-refractivity contribution in [1.82, 2.24) is 4.57 Å². The van der Waals surface area contributed by atoms with E-state index in [2.05, 4.69) is 0 Å². The Kier molecular flexibility index (Phi) is 5.25. The number of hydrogen-bond acceptors (Lipinski definition) is 4. The van der Waals surface area contributed by atoms with Crippen molar-refractivity contribution in [2.24, 2.45) is 0 Å². The van der Waals surface area contributed by atoms with E-state index in [9.17, 15) is 9.90 Å². The molecular weight excluding hydrogens is 430 g/mol. The first kappa shape index (κ1) is 20.4. The number of aromatic nitrogens is 1. The highest BCUT2D eigenvalue weighted by Gasteiger charge is 2.20. The Hall–Kier alpha value is -3.48. The fourth-order valence-corrected chi connectivity index (χ4v) is 4.17. The molecule has 0 fully saturated rings. The second kappa shape index (κ2) is 8.22. The van der Waals surface area contributed by atoms with Crippen molar-refractivity contribution >= 4 is 28.5 Å². The summed E-state index contributed by atoms with van der Waals surface area (Å²) in [4.78, 5) is 22.1. The van der Waals surface area contributed by atoms with Crippen molar-refractivity contribution < 1.29 is 24.4 Å². The fourth-order valence-electron chi connectivity index (χ4n) is 3.96. The molecule has 0 radical (unpaired) electrons. The third kappa shape index (κ3) is 3.79. The number of nitrogens with zero attached hydrogens (tertiary/aromatic N) is 1. The highest BCUT2D eigenvalue weighted by Crippen LogP contribution is 2.34. The molecule has 0 bridgehead atoms. The van der Waals surface area contributed by atoms with Gasteiger partial charge in [-0.1, -0.05) is 41.9 Å². The van der Waals surface area contributed by atoms with Crippen LogP contribution in [0.25, 0.3) is 10.9 Å². The molecule has 0 spiro atoms. The molecule has 0 saturated heterocycles. The molecule has 2 heterocycles. The molecule has 1 aromatic heterocycles. The number of benzene rings is 3. The first-order valence-electron chi connectivity index (χ1n) is 10.2. The lowest BCUT2D eigenvalue weighted by Gasteiger charge is -2.15. The van der Waals surface area contributed by atoms with Gasteiger partial charge in [-0.2, -0.15) is 4.89 Å². The predicted molar refractivity (Wildman–Crippen MR) is 120 cm³/mol. The Morgan fingerprint density at radius 1 is 1.16 bits per heavy atom. The Morgan fingerprint density at radius 2 is 1.97 bits per heavy atom. The molecule has 3 aromatic carbocycles. The highest BCUT2D eigenvalue weighted by atomic mass is 35.5. The van der Waals surface area contributed by atoms with Crippen LogP contribution in [-0.4, -0.2) is 15.6 Å². The Bertz CT molecular complexity index is 1320. The van der Waals surface area contributed by atoms with Gasteiger partial charge in [-0.05, 0) is 48.4 Å². The van der Waals surface area contributed by atoms with E-state index in [0.717, 1.165) is 27.6 Å². The molecule has 4 aromatic rings. The van der Waals surface area contributed by atoms with E-state index in [-0.39, 0.29) is 11.8 Å². The highest BCUT2D eigenvalue weighted by molar-refractivity contribution is 6.31. The first-order valence-corrected chi connectivity index (χ1v) is 10.6. The van der Waals surface area contributed by atoms with Gasteiger partial charge in [-0.25, -0.2) is 4.79 Å². The SMILES string of the molecule is C[C@H](Oc1ccc2c(c1)cc(C(=O)O)n2Cc1cc2c(cc1Cl)OOC2)c1ccccc1. The zero-order chi connectivity index (χ0) is 22.2. The lowest BCUT2D eigenvalue weighted by atomic mass is 10.1. The summed E-state index contributed by atoms with van der Waals surface area (Å²) in [5, 5.41) is 11.1. The quantitative estimate of drug-likeness (QED) is 0.365. The van der Waals surface area contributed by atoms with E-state index >= 15 is 0 Å². The number of aromatic carboxylic acids is 1. The van der Waals surface area contributed by atoms with Crippen molar-refractivity contribution in [3.63, 3.8) is 0 Å². The van der Waals surface area contributed by atoms with Crippen LogP contribution in [0.15, 0.2) is 66.7 Å². The summed E-state index contributed by atoms with van der Waals surface area (Å²) in [5.74, 6) is 0.252. The van der Waals surface area contributed by atoms with E-state index in [1.54, 1.807) is 16.7 Å². The molecule has 1 N–H and O–H groups in total. The van der Waals surface area contributed by atoms with Crippen molar-refractivity contribution in [3.05, 3.63) is 94.1 Å². The van der Waals surface area contributed by atoms with Gasteiger partial charge in [0.15, 0.2) is 5.75 Å². The summed E-state index contributed by atoms with van der Waals surface area (Å²) >= 11 is 6.43. The third-order valence-corrected chi connectivity index (χ3v) is 5.95. The van der Waals surface area contributed by atoms with Gasteiger partial charge in [0, 0.05) is 34.1 Å². The van der Waals surface area contributed by atoms with E-state index in [0.29, 0.717) is 29.7 Å². The van der Waals surface area contributed by atoms with E-state index in [1.807, 2.05) is 61.5 Å². The molecule has 162 valence electrons. The van der Waals surface area contributed by atoms with Crippen LogP contribution >= 0.6 is 11.6 Å². The molecule has 0 saturated carbocycles. The van der Waals surface area contributed by atoms with Gasteiger partial charge >= 0.3 is 5.97 Å².